The third kappa shape index (κ3) is 4.13. The first kappa shape index (κ1) is 18.2. The number of carbonyl (C=O) groups excluding carboxylic acids is 1. The smallest absolute Gasteiger partial charge is 0.308 e. The Morgan fingerprint density at radius 1 is 1.31 bits per heavy atom. The summed E-state index contributed by atoms with van der Waals surface area (Å²) < 4.78 is 0. The summed E-state index contributed by atoms with van der Waals surface area (Å²) in [5, 5.41) is 12.7. The summed E-state index contributed by atoms with van der Waals surface area (Å²) in [7, 11) is 0. The maximum absolute atomic E-state index is 12.8. The van der Waals surface area contributed by atoms with E-state index in [1.165, 1.54) is 18.0 Å². The van der Waals surface area contributed by atoms with E-state index in [0.29, 0.717) is 41.7 Å². The molecule has 8 heteroatoms. The predicted molar refractivity (Wildman–Crippen MR) is 101 cm³/mol. The molecule has 1 atom stereocenters. The van der Waals surface area contributed by atoms with Gasteiger partial charge in [-0.25, -0.2) is 9.97 Å². The van der Waals surface area contributed by atoms with E-state index in [1.54, 1.807) is 12.1 Å². The molecule has 0 saturated carbocycles. The van der Waals surface area contributed by atoms with E-state index in [-0.39, 0.29) is 5.91 Å². The van der Waals surface area contributed by atoms with E-state index in [2.05, 4.69) is 15.3 Å². The second-order valence-corrected chi connectivity index (χ2v) is 6.81. The van der Waals surface area contributed by atoms with Crippen LogP contribution in [-0.4, -0.2) is 46.3 Å². The Bertz CT molecular complexity index is 800. The summed E-state index contributed by atoms with van der Waals surface area (Å²) in [5.74, 6) is -1.09. The molecule has 0 radical (unpaired) electrons. The molecule has 7 nitrogen and oxygen atoms in total. The lowest BCUT2D eigenvalue weighted by atomic mass is 9.98. The highest BCUT2D eigenvalue weighted by molar-refractivity contribution is 7.98. The summed E-state index contributed by atoms with van der Waals surface area (Å²) in [6.07, 6.45) is 4.75. The van der Waals surface area contributed by atoms with Crippen molar-refractivity contribution in [2.24, 2.45) is 5.92 Å². The molecule has 3 rings (SSSR count). The summed E-state index contributed by atoms with van der Waals surface area (Å²) in [6.45, 7) is 1.01. The average molecular weight is 372 g/mol. The lowest BCUT2D eigenvalue weighted by molar-refractivity contribution is -0.141. The van der Waals surface area contributed by atoms with Crippen LogP contribution in [0.1, 0.15) is 23.2 Å². The molecule has 1 aromatic carbocycles. The van der Waals surface area contributed by atoms with Crippen LogP contribution in [0.4, 0.5) is 11.5 Å². The van der Waals surface area contributed by atoms with E-state index in [4.69, 9.17) is 0 Å². The van der Waals surface area contributed by atoms with Gasteiger partial charge in [0, 0.05) is 25.0 Å². The molecular formula is C18H20N4O3S. The first-order chi connectivity index (χ1) is 12.6. The Balaban J connectivity index is 1.90. The van der Waals surface area contributed by atoms with Gasteiger partial charge in [-0.1, -0.05) is 30.0 Å². The number of piperidine rings is 1. The SMILES string of the molecule is CSc1ncc(C(=O)Nc2ccccc2)c(N2CCC[C@H](C(=O)O)C2)n1. The summed E-state index contributed by atoms with van der Waals surface area (Å²) in [5.41, 5.74) is 1.03. The third-order valence-corrected chi connectivity index (χ3v) is 4.84. The molecule has 1 saturated heterocycles. The van der Waals surface area contributed by atoms with E-state index in [0.717, 1.165) is 6.42 Å². The standard InChI is InChI=1S/C18H20N4O3S/c1-26-18-19-10-14(16(23)20-13-7-3-2-4-8-13)15(21-18)22-9-5-6-12(11-22)17(24)25/h2-4,7-8,10,12H,5-6,9,11H2,1H3,(H,20,23)(H,24,25)/t12-/m0/s1. The maximum Gasteiger partial charge on any atom is 0.308 e. The van der Waals surface area contributed by atoms with Crippen molar-refractivity contribution in [3.63, 3.8) is 0 Å². The molecule has 1 aliphatic rings. The van der Waals surface area contributed by atoms with E-state index < -0.39 is 11.9 Å². The van der Waals surface area contributed by atoms with Crippen molar-refractivity contribution in [3.05, 3.63) is 42.1 Å². The fourth-order valence-corrected chi connectivity index (χ4v) is 3.28. The number of benzene rings is 1. The van der Waals surface area contributed by atoms with Crippen molar-refractivity contribution in [2.45, 2.75) is 18.0 Å². The first-order valence-electron chi connectivity index (χ1n) is 8.33. The Morgan fingerprint density at radius 3 is 2.77 bits per heavy atom. The van der Waals surface area contributed by atoms with Crippen LogP contribution in [0.2, 0.25) is 0 Å². The highest BCUT2D eigenvalue weighted by Crippen LogP contribution is 2.27. The van der Waals surface area contributed by atoms with Gasteiger partial charge in [-0.15, -0.1) is 0 Å². The number of carbonyl (C=O) groups is 2. The molecule has 0 unspecified atom stereocenters. The number of aromatic nitrogens is 2. The van der Waals surface area contributed by atoms with Crippen LogP contribution in [-0.2, 0) is 4.79 Å². The molecule has 2 N–H and O–H groups in total. The number of carboxylic acid groups (broad SMARTS) is 1. The number of aliphatic carboxylic acids is 1. The minimum Gasteiger partial charge on any atom is -0.481 e. The fraction of sp³-hybridized carbons (Fsp3) is 0.333. The van der Waals surface area contributed by atoms with E-state index in [9.17, 15) is 14.7 Å². The maximum atomic E-state index is 12.8. The van der Waals surface area contributed by atoms with Gasteiger partial charge in [0.15, 0.2) is 5.16 Å². The first-order valence-corrected chi connectivity index (χ1v) is 9.56. The van der Waals surface area contributed by atoms with Crippen molar-refractivity contribution < 1.29 is 14.7 Å². The second kappa shape index (κ2) is 8.18. The van der Waals surface area contributed by atoms with Gasteiger partial charge >= 0.3 is 5.97 Å². The molecule has 1 fully saturated rings. The number of anilines is 2. The number of rotatable bonds is 5. The molecule has 26 heavy (non-hydrogen) atoms. The number of hydrogen-bond donors (Lipinski definition) is 2. The average Bonchev–Trinajstić information content (AvgIpc) is 2.68. The molecule has 0 bridgehead atoms. The summed E-state index contributed by atoms with van der Waals surface area (Å²) in [4.78, 5) is 34.7. The molecule has 2 heterocycles. The van der Waals surface area contributed by atoms with Crippen molar-refractivity contribution in [1.29, 1.82) is 0 Å². The van der Waals surface area contributed by atoms with Gasteiger partial charge in [-0.05, 0) is 31.2 Å². The van der Waals surface area contributed by atoms with Gasteiger partial charge < -0.3 is 15.3 Å². The number of amides is 1. The Hall–Kier alpha value is -2.61. The van der Waals surface area contributed by atoms with Crippen molar-refractivity contribution in [3.8, 4) is 0 Å². The number of hydrogen-bond acceptors (Lipinski definition) is 6. The highest BCUT2D eigenvalue weighted by Gasteiger charge is 2.29. The minimum absolute atomic E-state index is 0.309. The third-order valence-electron chi connectivity index (χ3n) is 4.28. The monoisotopic (exact) mass is 372 g/mol. The van der Waals surface area contributed by atoms with Gasteiger partial charge in [0.25, 0.3) is 5.91 Å². The van der Waals surface area contributed by atoms with Gasteiger partial charge in [0.2, 0.25) is 0 Å². The van der Waals surface area contributed by atoms with Gasteiger partial charge in [0.1, 0.15) is 11.4 Å². The fourth-order valence-electron chi connectivity index (χ4n) is 2.95. The summed E-state index contributed by atoms with van der Waals surface area (Å²) in [6, 6.07) is 9.15. The van der Waals surface area contributed by atoms with Crippen LogP contribution in [0, 0.1) is 5.92 Å². The topological polar surface area (TPSA) is 95.4 Å². The molecule has 0 aliphatic carbocycles. The molecular weight excluding hydrogens is 352 g/mol. The highest BCUT2D eigenvalue weighted by atomic mass is 32.2. The zero-order valence-electron chi connectivity index (χ0n) is 14.4. The number of carboxylic acids is 1. The minimum atomic E-state index is -0.816. The van der Waals surface area contributed by atoms with Crippen molar-refractivity contribution in [2.75, 3.05) is 29.6 Å². The quantitative estimate of drug-likeness (QED) is 0.615. The molecule has 2 aromatic rings. The number of nitrogens with one attached hydrogen (secondary N) is 1. The van der Waals surface area contributed by atoms with E-state index in [1.807, 2.05) is 29.4 Å². The lowest BCUT2D eigenvalue weighted by Gasteiger charge is -2.32. The zero-order chi connectivity index (χ0) is 18.5. The number of nitrogens with zero attached hydrogens (tertiary/aromatic N) is 3. The van der Waals surface area contributed by atoms with Crippen LogP contribution >= 0.6 is 11.8 Å². The van der Waals surface area contributed by atoms with Gasteiger partial charge in [-0.3, -0.25) is 9.59 Å². The van der Waals surface area contributed by atoms with Gasteiger partial charge in [0.05, 0.1) is 5.92 Å². The zero-order valence-corrected chi connectivity index (χ0v) is 15.2. The Labute approximate surface area is 155 Å². The molecule has 0 spiro atoms. The summed E-state index contributed by atoms with van der Waals surface area (Å²) >= 11 is 1.38. The normalized spacial score (nSPS) is 17.0. The largest absolute Gasteiger partial charge is 0.481 e. The van der Waals surface area contributed by atoms with Gasteiger partial charge in [-0.2, -0.15) is 0 Å². The number of para-hydroxylation sites is 1. The molecule has 1 amide bonds. The predicted octanol–water partition coefficient (Wildman–Crippen LogP) is 2.75. The van der Waals surface area contributed by atoms with Crippen LogP contribution in [0.3, 0.4) is 0 Å². The number of thioether (sulfide) groups is 1. The Kier molecular flexibility index (Phi) is 5.72. The Morgan fingerprint density at radius 2 is 2.08 bits per heavy atom. The second-order valence-electron chi connectivity index (χ2n) is 6.04. The van der Waals surface area contributed by atoms with E-state index >= 15 is 0 Å². The van der Waals surface area contributed by atoms with Crippen LogP contribution in [0.15, 0.2) is 41.7 Å². The van der Waals surface area contributed by atoms with Crippen LogP contribution in [0.25, 0.3) is 0 Å². The molecule has 136 valence electrons. The van der Waals surface area contributed by atoms with Crippen LogP contribution < -0.4 is 10.2 Å². The molecule has 1 aromatic heterocycles. The van der Waals surface area contributed by atoms with Crippen LogP contribution in [0.5, 0.6) is 0 Å². The van der Waals surface area contributed by atoms with Crippen molar-refractivity contribution in [1.82, 2.24) is 9.97 Å². The molecule has 1 aliphatic heterocycles. The van der Waals surface area contributed by atoms with Crippen molar-refractivity contribution >= 4 is 35.1 Å². The lowest BCUT2D eigenvalue weighted by Crippen LogP contribution is -2.40.